The highest BCUT2D eigenvalue weighted by Crippen LogP contribution is 2.42. The average molecular weight is 491 g/mol. The van der Waals surface area contributed by atoms with Gasteiger partial charge in [0.2, 0.25) is 5.78 Å². The molecule has 0 atom stereocenters. The Balaban J connectivity index is 0.000000391. The summed E-state index contributed by atoms with van der Waals surface area (Å²) in [6.45, 7) is 4.94. The molecule has 3 aromatic rings. The number of ketones is 1. The first kappa shape index (κ1) is 24.1. The molecule has 1 aromatic heterocycles. The van der Waals surface area contributed by atoms with E-state index in [0.29, 0.717) is 30.3 Å². The van der Waals surface area contributed by atoms with Crippen LogP contribution in [0.2, 0.25) is 0 Å². The Labute approximate surface area is 209 Å². The molecule has 3 aliphatic heterocycles. The number of ether oxygens (including phenoxy) is 4. The van der Waals surface area contributed by atoms with Crippen molar-refractivity contribution in [3.05, 3.63) is 94.8 Å². The van der Waals surface area contributed by atoms with Crippen molar-refractivity contribution in [3.63, 3.8) is 0 Å². The molecule has 0 amide bonds. The molecule has 186 valence electrons. The molecule has 0 N–H and O–H groups in total. The average Bonchev–Trinajstić information content (AvgIpc) is 3.25. The van der Waals surface area contributed by atoms with Crippen LogP contribution in [-0.4, -0.2) is 55.4 Å². The molecule has 1 fully saturated rings. The van der Waals surface area contributed by atoms with Gasteiger partial charge in [-0.3, -0.25) is 14.7 Å². The van der Waals surface area contributed by atoms with Gasteiger partial charge in [-0.25, -0.2) is 4.39 Å². The molecule has 0 bridgehead atoms. The Morgan fingerprint density at radius 3 is 2.36 bits per heavy atom. The topological polar surface area (TPSA) is 70.1 Å². The zero-order valence-corrected chi connectivity index (χ0v) is 19.8. The van der Waals surface area contributed by atoms with Crippen molar-refractivity contribution >= 4 is 11.9 Å². The third-order valence-corrected chi connectivity index (χ3v) is 6.06. The van der Waals surface area contributed by atoms with Gasteiger partial charge in [-0.2, -0.15) is 0 Å². The van der Waals surface area contributed by atoms with Crippen LogP contribution in [0.3, 0.4) is 0 Å². The first-order valence-electron chi connectivity index (χ1n) is 11.9. The van der Waals surface area contributed by atoms with E-state index in [1.165, 1.54) is 12.1 Å². The zero-order valence-electron chi connectivity index (χ0n) is 19.8. The van der Waals surface area contributed by atoms with Crippen molar-refractivity contribution in [1.82, 2.24) is 9.88 Å². The maximum Gasteiger partial charge on any atom is 0.231 e. The SMILES string of the molecule is C1COCCO1.O=C1/C(=C/c2ccncc2)Oc2c1ccc1c2CN(CCc2ccc(F)cc2)CO1. The Hall–Kier alpha value is -3.59. The van der Waals surface area contributed by atoms with Crippen molar-refractivity contribution in [2.24, 2.45) is 0 Å². The predicted octanol–water partition coefficient (Wildman–Crippen LogP) is 4.26. The minimum atomic E-state index is -0.234. The molecular formula is C28H27FN2O5. The largest absolute Gasteiger partial charge is 0.478 e. The lowest BCUT2D eigenvalue weighted by Crippen LogP contribution is -2.33. The van der Waals surface area contributed by atoms with Gasteiger partial charge in [0.1, 0.15) is 24.0 Å². The summed E-state index contributed by atoms with van der Waals surface area (Å²) in [5, 5.41) is 0. The first-order valence-corrected chi connectivity index (χ1v) is 11.9. The van der Waals surface area contributed by atoms with Crippen molar-refractivity contribution in [3.8, 4) is 11.5 Å². The number of Topliss-reactive ketones (excluding diaryl/α,β-unsaturated/α-hetero) is 1. The Morgan fingerprint density at radius 2 is 1.67 bits per heavy atom. The van der Waals surface area contributed by atoms with Crippen molar-refractivity contribution in [2.45, 2.75) is 13.0 Å². The number of carbonyl (C=O) groups is 1. The van der Waals surface area contributed by atoms with E-state index in [9.17, 15) is 9.18 Å². The molecule has 4 heterocycles. The van der Waals surface area contributed by atoms with Crippen LogP contribution in [0.1, 0.15) is 27.0 Å². The highest BCUT2D eigenvalue weighted by molar-refractivity contribution is 6.15. The molecule has 8 heteroatoms. The second-order valence-electron chi connectivity index (χ2n) is 8.57. The zero-order chi connectivity index (χ0) is 24.7. The second-order valence-corrected chi connectivity index (χ2v) is 8.57. The molecule has 0 aliphatic carbocycles. The van der Waals surface area contributed by atoms with Gasteiger partial charge >= 0.3 is 0 Å². The van der Waals surface area contributed by atoms with Gasteiger partial charge in [-0.1, -0.05) is 12.1 Å². The molecule has 0 unspecified atom stereocenters. The Bertz CT molecular complexity index is 1220. The van der Waals surface area contributed by atoms with Crippen LogP contribution < -0.4 is 9.47 Å². The molecule has 0 saturated carbocycles. The smallest absolute Gasteiger partial charge is 0.231 e. The summed E-state index contributed by atoms with van der Waals surface area (Å²) in [7, 11) is 0. The Morgan fingerprint density at radius 1 is 0.944 bits per heavy atom. The number of allylic oxidation sites excluding steroid dienone is 1. The number of hydrogen-bond donors (Lipinski definition) is 0. The minimum absolute atomic E-state index is 0.131. The van der Waals surface area contributed by atoms with E-state index in [-0.39, 0.29) is 11.6 Å². The van der Waals surface area contributed by atoms with E-state index in [1.807, 2.05) is 18.2 Å². The molecule has 6 rings (SSSR count). The first-order chi connectivity index (χ1) is 17.7. The fourth-order valence-corrected chi connectivity index (χ4v) is 4.14. The van der Waals surface area contributed by atoms with Crippen molar-refractivity contribution in [2.75, 3.05) is 39.7 Å². The van der Waals surface area contributed by atoms with Crippen molar-refractivity contribution < 1.29 is 28.1 Å². The van der Waals surface area contributed by atoms with E-state index >= 15 is 0 Å². The number of pyridine rings is 1. The van der Waals surface area contributed by atoms with Crippen molar-refractivity contribution in [1.29, 1.82) is 0 Å². The summed E-state index contributed by atoms with van der Waals surface area (Å²) >= 11 is 0. The van der Waals surface area contributed by atoms with Crippen LogP contribution in [0, 0.1) is 5.82 Å². The number of aromatic nitrogens is 1. The predicted molar refractivity (Wildman–Crippen MR) is 131 cm³/mol. The number of rotatable bonds is 4. The highest BCUT2D eigenvalue weighted by atomic mass is 19.1. The monoisotopic (exact) mass is 490 g/mol. The fraction of sp³-hybridized carbons (Fsp3) is 0.286. The summed E-state index contributed by atoms with van der Waals surface area (Å²) in [6.07, 6.45) is 5.86. The van der Waals surface area contributed by atoms with E-state index in [2.05, 4.69) is 9.88 Å². The van der Waals surface area contributed by atoms with Crippen LogP contribution in [0.5, 0.6) is 11.5 Å². The maximum atomic E-state index is 13.1. The lowest BCUT2D eigenvalue weighted by Gasteiger charge is -2.29. The minimum Gasteiger partial charge on any atom is -0.478 e. The number of halogens is 1. The summed E-state index contributed by atoms with van der Waals surface area (Å²) in [5.74, 6) is 1.25. The van der Waals surface area contributed by atoms with Crippen LogP contribution in [0.4, 0.5) is 4.39 Å². The van der Waals surface area contributed by atoms with Gasteiger partial charge in [-0.15, -0.1) is 0 Å². The van der Waals surface area contributed by atoms with Gasteiger partial charge in [0.15, 0.2) is 5.76 Å². The van der Waals surface area contributed by atoms with Gasteiger partial charge in [-0.05, 0) is 60.0 Å². The Kier molecular flexibility index (Phi) is 7.66. The molecule has 0 radical (unpaired) electrons. The molecule has 36 heavy (non-hydrogen) atoms. The maximum absolute atomic E-state index is 13.1. The number of hydrogen-bond acceptors (Lipinski definition) is 7. The lowest BCUT2D eigenvalue weighted by atomic mass is 10.0. The lowest BCUT2D eigenvalue weighted by molar-refractivity contribution is -0.0334. The molecule has 3 aliphatic rings. The van der Waals surface area contributed by atoms with Gasteiger partial charge in [0.25, 0.3) is 0 Å². The number of benzene rings is 2. The number of fused-ring (bicyclic) bond motifs is 3. The quantitative estimate of drug-likeness (QED) is 0.506. The van der Waals surface area contributed by atoms with Crippen LogP contribution in [0.15, 0.2) is 66.7 Å². The van der Waals surface area contributed by atoms with Crippen LogP contribution in [0.25, 0.3) is 6.08 Å². The normalized spacial score (nSPS) is 17.9. The van der Waals surface area contributed by atoms with Gasteiger partial charge in [0, 0.05) is 25.5 Å². The fourth-order valence-electron chi connectivity index (χ4n) is 4.14. The molecule has 1 saturated heterocycles. The van der Waals surface area contributed by atoms with E-state index in [4.69, 9.17) is 18.9 Å². The second kappa shape index (κ2) is 11.4. The summed E-state index contributed by atoms with van der Waals surface area (Å²) < 4.78 is 34.9. The number of carbonyl (C=O) groups excluding carboxylic acids is 1. The molecule has 0 spiro atoms. The number of nitrogens with zero attached hydrogens (tertiary/aromatic N) is 2. The highest BCUT2D eigenvalue weighted by Gasteiger charge is 2.33. The molecular weight excluding hydrogens is 463 g/mol. The molecule has 7 nitrogen and oxygen atoms in total. The summed E-state index contributed by atoms with van der Waals surface area (Å²) in [6, 6.07) is 13.8. The van der Waals surface area contributed by atoms with E-state index in [0.717, 1.165) is 61.8 Å². The summed E-state index contributed by atoms with van der Waals surface area (Å²) in [5.41, 5.74) is 3.35. The third-order valence-electron chi connectivity index (χ3n) is 6.06. The van der Waals surface area contributed by atoms with Gasteiger partial charge < -0.3 is 18.9 Å². The van der Waals surface area contributed by atoms with Crippen LogP contribution in [-0.2, 0) is 22.4 Å². The van der Waals surface area contributed by atoms with E-state index in [1.54, 1.807) is 36.7 Å². The van der Waals surface area contributed by atoms with E-state index < -0.39 is 0 Å². The summed E-state index contributed by atoms with van der Waals surface area (Å²) in [4.78, 5) is 18.9. The third kappa shape index (κ3) is 5.79. The molecule has 2 aromatic carbocycles. The van der Waals surface area contributed by atoms with Gasteiger partial charge in [0.05, 0.1) is 37.6 Å². The van der Waals surface area contributed by atoms with Crippen LogP contribution >= 0.6 is 0 Å². The standard InChI is InChI=1S/C24H19FN2O3.C4H8O2/c25-18-3-1-16(2-4-18)9-12-27-14-20-21(29-15-27)6-5-19-23(28)22(30-24(19)20)13-17-7-10-26-11-8-17;1-2-6-4-3-5-1/h1-8,10-11,13H,9,12,14-15H2;1-4H2/b22-13-;.